The molecule has 9 heteroatoms. The molecule has 1 aliphatic rings. The molecule has 40 heavy (non-hydrogen) atoms. The Hall–Kier alpha value is -3.56. The molecular weight excluding hydrogens is 504 g/mol. The second-order valence-corrected chi connectivity index (χ2v) is 10.6. The highest BCUT2D eigenvalue weighted by molar-refractivity contribution is 5.83. The summed E-state index contributed by atoms with van der Waals surface area (Å²) in [4.78, 5) is 24.1. The molecule has 0 saturated carbocycles. The van der Waals surface area contributed by atoms with Crippen molar-refractivity contribution in [1.29, 1.82) is 0 Å². The molecule has 0 aliphatic carbocycles. The van der Waals surface area contributed by atoms with Gasteiger partial charge in [0.25, 0.3) is 5.82 Å². The van der Waals surface area contributed by atoms with Crippen LogP contribution in [0.5, 0.6) is 0 Å². The van der Waals surface area contributed by atoms with Crippen LogP contribution in [0.4, 0.5) is 11.6 Å². The maximum atomic E-state index is 12.6. The molecule has 3 heterocycles. The summed E-state index contributed by atoms with van der Waals surface area (Å²) in [5.74, 6) is 1.91. The zero-order valence-electron chi connectivity index (χ0n) is 24.0. The molecule has 0 saturated heterocycles. The Morgan fingerprint density at radius 3 is 2.77 bits per heavy atom. The summed E-state index contributed by atoms with van der Waals surface area (Å²) in [5, 5.41) is 17.5. The fraction of sp³-hybridized carbons (Fsp3) is 0.484. The van der Waals surface area contributed by atoms with Gasteiger partial charge in [-0.05, 0) is 76.3 Å². The molecule has 0 bridgehead atoms. The molecule has 1 aromatic carbocycles. The third-order valence-corrected chi connectivity index (χ3v) is 7.46. The number of rotatable bonds is 15. The summed E-state index contributed by atoms with van der Waals surface area (Å²) in [6.45, 7) is 7.08. The number of carbonyl (C=O) groups excluding carboxylic acids is 1. The van der Waals surface area contributed by atoms with Gasteiger partial charge in [-0.2, -0.15) is 0 Å². The highest BCUT2D eigenvalue weighted by Crippen LogP contribution is 2.20. The monoisotopic (exact) mass is 547 g/mol. The molecule has 0 spiro atoms. The number of nitrogens with one attached hydrogen (secondary N) is 2. The lowest BCUT2D eigenvalue weighted by Crippen LogP contribution is -2.43. The number of hydrogen-bond acceptors (Lipinski definition) is 8. The van der Waals surface area contributed by atoms with Gasteiger partial charge in [-0.1, -0.05) is 29.0 Å². The number of ketones is 1. The summed E-state index contributed by atoms with van der Waals surface area (Å²) in [6.07, 6.45) is 7.62. The Balaban J connectivity index is 1.33. The van der Waals surface area contributed by atoms with Crippen LogP contribution in [0.25, 0.3) is 11.4 Å². The predicted molar refractivity (Wildman–Crippen MR) is 157 cm³/mol. The fourth-order valence-corrected chi connectivity index (χ4v) is 5.06. The minimum absolute atomic E-state index is 0.0184. The Morgan fingerprint density at radius 1 is 1.18 bits per heavy atom. The lowest BCUT2D eigenvalue weighted by atomic mass is 10.1. The SMILES string of the molecule is CO[C@H](C)CN(CCCCc1ccc2c(n1)NCCC2)CC[C@H](Nc1ccnc(-c2ccccc2)[n+]1O)C(C)=O. The lowest BCUT2D eigenvalue weighted by Gasteiger charge is -2.26. The summed E-state index contributed by atoms with van der Waals surface area (Å²) in [7, 11) is 1.73. The minimum Gasteiger partial charge on any atom is -0.380 e. The summed E-state index contributed by atoms with van der Waals surface area (Å²) in [6, 6.07) is 15.1. The van der Waals surface area contributed by atoms with Crippen molar-refractivity contribution in [2.75, 3.05) is 43.9 Å². The van der Waals surface area contributed by atoms with Crippen molar-refractivity contribution >= 4 is 17.4 Å². The maximum absolute atomic E-state index is 12.6. The largest absolute Gasteiger partial charge is 0.380 e. The van der Waals surface area contributed by atoms with Crippen LogP contribution in [0, 0.1) is 0 Å². The molecule has 0 unspecified atom stereocenters. The third-order valence-electron chi connectivity index (χ3n) is 7.46. The molecular formula is C31H43N6O3+. The number of unbranched alkanes of at least 4 members (excludes halogenated alkanes) is 1. The first-order valence-electron chi connectivity index (χ1n) is 14.3. The molecule has 214 valence electrons. The van der Waals surface area contributed by atoms with Crippen LogP contribution in [0.1, 0.15) is 50.8 Å². The van der Waals surface area contributed by atoms with E-state index in [9.17, 15) is 10.0 Å². The van der Waals surface area contributed by atoms with Gasteiger partial charge in [-0.3, -0.25) is 10.1 Å². The number of benzene rings is 1. The first-order valence-corrected chi connectivity index (χ1v) is 14.3. The van der Waals surface area contributed by atoms with Crippen molar-refractivity contribution in [1.82, 2.24) is 14.9 Å². The van der Waals surface area contributed by atoms with Gasteiger partial charge in [0.05, 0.1) is 11.7 Å². The van der Waals surface area contributed by atoms with Gasteiger partial charge in [-0.25, -0.2) is 4.98 Å². The number of pyridine rings is 1. The first-order chi connectivity index (χ1) is 19.4. The van der Waals surface area contributed by atoms with E-state index in [-0.39, 0.29) is 11.9 Å². The Morgan fingerprint density at radius 2 is 2.00 bits per heavy atom. The van der Waals surface area contributed by atoms with E-state index in [1.807, 2.05) is 30.3 Å². The smallest absolute Gasteiger partial charge is 0.307 e. The van der Waals surface area contributed by atoms with Gasteiger partial charge >= 0.3 is 5.82 Å². The number of Topliss-reactive ketones (excluding diaryl/α,β-unsaturated/α-hetero) is 1. The standard InChI is InChI=1S/C31H42N6O3/c1-23(40-3)22-36(20-8-7-13-27-15-14-25-12-9-18-32-30(25)34-27)21-17-28(24(2)38)35-29-16-19-33-31(37(29)39)26-10-5-4-6-11-26/h4-6,10-11,14-16,19,23,28,39H,7-9,12-13,17-18,20-22H2,1-3H3,(H,32,34)/p+1/t23-,28+/m1/s1. The summed E-state index contributed by atoms with van der Waals surface area (Å²) in [5.41, 5.74) is 3.24. The molecule has 2 atom stereocenters. The van der Waals surface area contributed by atoms with Crippen molar-refractivity contribution in [2.45, 2.75) is 64.5 Å². The van der Waals surface area contributed by atoms with Crippen molar-refractivity contribution < 1.29 is 19.5 Å². The third kappa shape index (κ3) is 8.22. The Labute approximate surface area is 237 Å². The normalized spacial score (nSPS) is 14.3. The van der Waals surface area contributed by atoms with E-state index < -0.39 is 6.04 Å². The maximum Gasteiger partial charge on any atom is 0.307 e. The number of aromatic nitrogens is 3. The number of fused-ring (bicyclic) bond motifs is 1. The molecule has 1 aliphatic heterocycles. The number of aryl methyl sites for hydroxylation is 2. The molecule has 3 aromatic rings. The van der Waals surface area contributed by atoms with Crippen molar-refractivity contribution in [3.8, 4) is 11.4 Å². The minimum atomic E-state index is -0.447. The molecule has 0 radical (unpaired) electrons. The molecule has 0 fully saturated rings. The number of anilines is 2. The van der Waals surface area contributed by atoms with E-state index in [4.69, 9.17) is 9.72 Å². The van der Waals surface area contributed by atoms with Crippen molar-refractivity contribution in [3.63, 3.8) is 0 Å². The number of hydrogen-bond donors (Lipinski definition) is 3. The van der Waals surface area contributed by atoms with Crippen molar-refractivity contribution in [2.24, 2.45) is 0 Å². The number of nitrogens with zero attached hydrogens (tertiary/aromatic N) is 4. The molecule has 9 nitrogen and oxygen atoms in total. The zero-order valence-corrected chi connectivity index (χ0v) is 24.0. The number of ether oxygens (including phenoxy) is 1. The van der Waals surface area contributed by atoms with Crippen LogP contribution < -0.4 is 15.4 Å². The Kier molecular flexibility index (Phi) is 10.8. The Bertz CT molecular complexity index is 1240. The van der Waals surface area contributed by atoms with Crippen LogP contribution in [0.15, 0.2) is 54.7 Å². The number of methoxy groups -OCH3 is 1. The van der Waals surface area contributed by atoms with Crippen LogP contribution in [-0.2, 0) is 22.4 Å². The second kappa shape index (κ2) is 14.7. The van der Waals surface area contributed by atoms with Crippen LogP contribution in [-0.4, -0.2) is 71.3 Å². The second-order valence-electron chi connectivity index (χ2n) is 10.6. The average Bonchev–Trinajstić information content (AvgIpc) is 2.98. The summed E-state index contributed by atoms with van der Waals surface area (Å²) >= 11 is 0. The van der Waals surface area contributed by atoms with Crippen LogP contribution in [0.2, 0.25) is 0 Å². The molecule has 2 aromatic heterocycles. The highest BCUT2D eigenvalue weighted by atomic mass is 16.5. The molecule has 4 rings (SSSR count). The predicted octanol–water partition coefficient (Wildman–Crippen LogP) is 4.15. The van der Waals surface area contributed by atoms with E-state index in [1.54, 1.807) is 26.3 Å². The van der Waals surface area contributed by atoms with Gasteiger partial charge in [0, 0.05) is 44.9 Å². The number of carbonyl (C=O) groups is 1. The van der Waals surface area contributed by atoms with Crippen molar-refractivity contribution in [3.05, 3.63) is 66.0 Å². The fourth-order valence-electron chi connectivity index (χ4n) is 5.06. The van der Waals surface area contributed by atoms with E-state index in [0.717, 1.165) is 73.7 Å². The highest BCUT2D eigenvalue weighted by Gasteiger charge is 2.24. The molecule has 0 amide bonds. The zero-order chi connectivity index (χ0) is 28.3. The van der Waals surface area contributed by atoms with Gasteiger partial charge in [0.1, 0.15) is 18.1 Å². The van der Waals surface area contributed by atoms with Gasteiger partial charge in [-0.15, -0.1) is 4.98 Å². The first kappa shape index (κ1) is 29.4. The molecule has 3 N–H and O–H groups in total. The average molecular weight is 548 g/mol. The van der Waals surface area contributed by atoms with Gasteiger partial charge in [0.2, 0.25) is 0 Å². The van der Waals surface area contributed by atoms with Gasteiger partial charge in [0.15, 0.2) is 5.78 Å². The van der Waals surface area contributed by atoms with E-state index in [0.29, 0.717) is 18.1 Å². The van der Waals surface area contributed by atoms with Crippen LogP contribution >= 0.6 is 0 Å². The quantitative estimate of drug-likeness (QED) is 0.148. The van der Waals surface area contributed by atoms with E-state index in [2.05, 4.69) is 39.6 Å². The van der Waals surface area contributed by atoms with E-state index >= 15 is 0 Å². The van der Waals surface area contributed by atoms with E-state index in [1.165, 1.54) is 12.0 Å². The van der Waals surface area contributed by atoms with Crippen LogP contribution in [0.3, 0.4) is 0 Å². The topological polar surface area (TPSA) is 103 Å². The summed E-state index contributed by atoms with van der Waals surface area (Å²) < 4.78 is 6.56. The lowest BCUT2D eigenvalue weighted by molar-refractivity contribution is -0.886. The van der Waals surface area contributed by atoms with Gasteiger partial charge < -0.3 is 20.2 Å².